The Balaban J connectivity index is -0.000000294. The standard InChI is InChI=1S/C18H32O2.2C3H7O.Al/c1-2-3-4-5-6-7-8-9-10-11-12-13-14-15-16-17-18(19)20;2*1-3(2)4;/h6-7,9-10H,2-5,8,11-17H2,1H3,(H,19,20);2*3H,1-2H3;/q;2*-1;+3/p-1/b7-6-,10-9-;;;. The average molecular weight is 425 g/mol. The van der Waals surface area contributed by atoms with Gasteiger partial charge in [0.1, 0.15) is 0 Å². The van der Waals surface area contributed by atoms with Gasteiger partial charge in [-0.05, 0) is 44.9 Å². The summed E-state index contributed by atoms with van der Waals surface area (Å²) in [5, 5.41) is 29.3. The molecule has 5 heteroatoms. The number of carbonyl (C=O) groups is 1. The van der Waals surface area contributed by atoms with Crippen molar-refractivity contribution >= 4 is 23.3 Å². The van der Waals surface area contributed by atoms with E-state index < -0.39 is 18.2 Å². The second-order valence-corrected chi connectivity index (χ2v) is 7.45. The SMILES string of the molecule is CC(C)[O-].CC(C)[O-].CCCCC/C=C\C/C=C\CCCCCCCC(=O)[O-].[Al+3]. The fraction of sp³-hybridized carbons (Fsp3) is 0.792. The zero-order chi connectivity index (χ0) is 22.0. The molecule has 0 radical (unpaired) electrons. The summed E-state index contributed by atoms with van der Waals surface area (Å²) in [4.78, 5) is 10.2. The van der Waals surface area contributed by atoms with Gasteiger partial charge >= 0.3 is 17.4 Å². The first kappa shape index (κ1) is 35.8. The van der Waals surface area contributed by atoms with Gasteiger partial charge in [-0.25, -0.2) is 0 Å². The largest absolute Gasteiger partial charge is 3.00 e. The summed E-state index contributed by atoms with van der Waals surface area (Å²) in [5.74, 6) is -0.921. The zero-order valence-electron chi connectivity index (χ0n) is 19.7. The molecule has 4 nitrogen and oxygen atoms in total. The minimum atomic E-state index is -0.921. The number of aliphatic carboxylic acids is 1. The van der Waals surface area contributed by atoms with Crippen molar-refractivity contribution in [3.63, 3.8) is 0 Å². The molecule has 0 saturated heterocycles. The third-order valence-electron chi connectivity index (χ3n) is 3.33. The molecular weight excluding hydrogens is 379 g/mol. The van der Waals surface area contributed by atoms with E-state index in [4.69, 9.17) is 0 Å². The van der Waals surface area contributed by atoms with Crippen LogP contribution in [0, 0.1) is 0 Å². The molecule has 0 aromatic heterocycles. The van der Waals surface area contributed by atoms with Gasteiger partial charge in [-0.1, -0.05) is 91.0 Å². The maximum Gasteiger partial charge on any atom is 3.00 e. The van der Waals surface area contributed by atoms with E-state index in [9.17, 15) is 20.1 Å². The number of rotatable bonds is 14. The van der Waals surface area contributed by atoms with Crippen molar-refractivity contribution in [1.82, 2.24) is 0 Å². The molecule has 0 unspecified atom stereocenters. The summed E-state index contributed by atoms with van der Waals surface area (Å²) >= 11 is 0. The van der Waals surface area contributed by atoms with Gasteiger partial charge in [-0.2, -0.15) is 0 Å². The number of carboxylic acids is 1. The van der Waals surface area contributed by atoms with Crippen LogP contribution in [0.15, 0.2) is 24.3 Å². The quantitative estimate of drug-likeness (QED) is 0.242. The van der Waals surface area contributed by atoms with Crippen molar-refractivity contribution in [2.75, 3.05) is 0 Å². The molecule has 0 aromatic carbocycles. The Hall–Kier alpha value is -0.598. The van der Waals surface area contributed by atoms with E-state index >= 15 is 0 Å². The van der Waals surface area contributed by atoms with E-state index in [1.54, 1.807) is 27.7 Å². The van der Waals surface area contributed by atoms with Crippen LogP contribution >= 0.6 is 0 Å². The van der Waals surface area contributed by atoms with E-state index in [0.29, 0.717) is 0 Å². The van der Waals surface area contributed by atoms with Gasteiger partial charge in [0.15, 0.2) is 0 Å². The van der Waals surface area contributed by atoms with Crippen LogP contribution in [-0.2, 0) is 4.79 Å². The molecule has 0 heterocycles. The second kappa shape index (κ2) is 32.1. The van der Waals surface area contributed by atoms with Gasteiger partial charge in [0.05, 0.1) is 0 Å². The zero-order valence-corrected chi connectivity index (χ0v) is 20.8. The molecule has 0 amide bonds. The Morgan fingerprint density at radius 1 is 0.724 bits per heavy atom. The average Bonchev–Trinajstić information content (AvgIpc) is 2.57. The maximum atomic E-state index is 10.2. The second-order valence-electron chi connectivity index (χ2n) is 7.45. The predicted molar refractivity (Wildman–Crippen MR) is 120 cm³/mol. The molecule has 0 aromatic rings. The number of unbranched alkanes of at least 4 members (excludes halogenated alkanes) is 8. The first-order chi connectivity index (χ1) is 13.2. The van der Waals surface area contributed by atoms with E-state index in [-0.39, 0.29) is 23.8 Å². The molecule has 0 spiro atoms. The number of carboxylic acid groups (broad SMARTS) is 1. The third-order valence-corrected chi connectivity index (χ3v) is 3.33. The van der Waals surface area contributed by atoms with Crippen LogP contribution in [0.25, 0.3) is 0 Å². The molecule has 0 rings (SSSR count). The summed E-state index contributed by atoms with van der Waals surface area (Å²) < 4.78 is 0. The van der Waals surface area contributed by atoms with Crippen molar-refractivity contribution in [3.8, 4) is 0 Å². The van der Waals surface area contributed by atoms with Gasteiger partial charge in [0.25, 0.3) is 0 Å². The molecule has 29 heavy (non-hydrogen) atoms. The Kier molecular flexibility index (Phi) is 39.6. The van der Waals surface area contributed by atoms with Crippen LogP contribution in [0.3, 0.4) is 0 Å². The van der Waals surface area contributed by atoms with Crippen molar-refractivity contribution in [3.05, 3.63) is 24.3 Å². The van der Waals surface area contributed by atoms with Crippen molar-refractivity contribution in [2.24, 2.45) is 0 Å². The number of carbonyl (C=O) groups excluding carboxylic acids is 1. The first-order valence-electron chi connectivity index (χ1n) is 11.0. The minimum absolute atomic E-state index is 0. The molecule has 168 valence electrons. The maximum absolute atomic E-state index is 10.2. The smallest absolute Gasteiger partial charge is 0.852 e. The molecule has 0 aliphatic heterocycles. The van der Waals surface area contributed by atoms with Crippen LogP contribution < -0.4 is 15.3 Å². The first-order valence-corrected chi connectivity index (χ1v) is 11.0. The molecule has 0 fully saturated rings. The molecule has 0 aliphatic carbocycles. The summed E-state index contributed by atoms with van der Waals surface area (Å²) in [6.45, 7) is 8.68. The minimum Gasteiger partial charge on any atom is -0.852 e. The number of hydrogen-bond donors (Lipinski definition) is 0. The van der Waals surface area contributed by atoms with E-state index in [1.165, 1.54) is 38.5 Å². The van der Waals surface area contributed by atoms with Crippen LogP contribution in [-0.4, -0.2) is 35.5 Å². The van der Waals surface area contributed by atoms with Crippen molar-refractivity contribution in [1.29, 1.82) is 0 Å². The van der Waals surface area contributed by atoms with E-state index in [1.807, 2.05) is 0 Å². The van der Waals surface area contributed by atoms with Crippen molar-refractivity contribution < 1.29 is 20.1 Å². The van der Waals surface area contributed by atoms with Crippen LogP contribution in [0.2, 0.25) is 0 Å². The van der Waals surface area contributed by atoms with Gasteiger partial charge in [-0.15, -0.1) is 12.2 Å². The Bertz CT molecular complexity index is 341. The third kappa shape index (κ3) is 65.7. The van der Waals surface area contributed by atoms with Gasteiger partial charge in [0, 0.05) is 5.97 Å². The molecular formula is C24H45AlO4. The summed E-state index contributed by atoms with van der Waals surface area (Å²) in [6.07, 6.45) is 21.1. The van der Waals surface area contributed by atoms with E-state index in [2.05, 4.69) is 31.2 Å². The topological polar surface area (TPSA) is 86.2 Å². The van der Waals surface area contributed by atoms with Gasteiger partial charge in [-0.3, -0.25) is 0 Å². The monoisotopic (exact) mass is 424 g/mol. The molecule has 0 N–H and O–H groups in total. The summed E-state index contributed by atoms with van der Waals surface area (Å²) in [6, 6.07) is 0. The van der Waals surface area contributed by atoms with Crippen molar-refractivity contribution in [2.45, 2.75) is 124 Å². The fourth-order valence-electron chi connectivity index (χ4n) is 2.08. The fourth-order valence-corrected chi connectivity index (χ4v) is 2.08. The molecule has 0 bridgehead atoms. The van der Waals surface area contributed by atoms with Gasteiger partial charge < -0.3 is 20.1 Å². The summed E-state index contributed by atoms with van der Waals surface area (Å²) in [5.41, 5.74) is 0. The Labute approximate surface area is 191 Å². The van der Waals surface area contributed by atoms with Crippen LogP contribution in [0.4, 0.5) is 0 Å². The Morgan fingerprint density at radius 3 is 1.52 bits per heavy atom. The van der Waals surface area contributed by atoms with Gasteiger partial charge in [0.2, 0.25) is 0 Å². The van der Waals surface area contributed by atoms with Crippen LogP contribution in [0.1, 0.15) is 112 Å². The van der Waals surface area contributed by atoms with Crippen LogP contribution in [0.5, 0.6) is 0 Å². The number of hydrogen-bond acceptors (Lipinski definition) is 4. The molecule has 0 saturated carbocycles. The predicted octanol–water partition coefficient (Wildman–Crippen LogP) is 3.68. The Morgan fingerprint density at radius 2 is 1.10 bits per heavy atom. The molecule has 0 aliphatic rings. The summed E-state index contributed by atoms with van der Waals surface area (Å²) in [7, 11) is 0. The molecule has 0 atom stereocenters. The normalized spacial score (nSPS) is 10.5. The van der Waals surface area contributed by atoms with E-state index in [0.717, 1.165) is 32.1 Å². The number of allylic oxidation sites excluding steroid dienone is 4.